The number of nitrogens with zero attached hydrogens (tertiary/aromatic N) is 2. The molecule has 2 aromatic rings. The Hall–Kier alpha value is -0.980. The fourth-order valence-electron chi connectivity index (χ4n) is 1.15. The summed E-state index contributed by atoms with van der Waals surface area (Å²) in [7, 11) is 0. The summed E-state index contributed by atoms with van der Waals surface area (Å²) < 4.78 is 0.766. The first-order chi connectivity index (χ1) is 8.06. The maximum absolute atomic E-state index is 5.77. The summed E-state index contributed by atoms with van der Waals surface area (Å²) in [6.07, 6.45) is 0. The molecule has 1 aromatic carbocycles. The van der Waals surface area contributed by atoms with Gasteiger partial charge in [0.15, 0.2) is 5.15 Å². The molecule has 0 radical (unpaired) electrons. The molecule has 0 aliphatic heterocycles. The van der Waals surface area contributed by atoms with E-state index in [-0.39, 0.29) is 0 Å². The Balaban J connectivity index is 2.27. The second-order valence-electron chi connectivity index (χ2n) is 3.20. The van der Waals surface area contributed by atoms with Crippen LogP contribution in [0.25, 0.3) is 0 Å². The van der Waals surface area contributed by atoms with Crippen LogP contribution in [0, 0.1) is 0 Å². The van der Waals surface area contributed by atoms with Crippen molar-refractivity contribution in [2.24, 2.45) is 0 Å². The smallest absolute Gasteiger partial charge is 0.151 e. The lowest BCUT2D eigenvalue weighted by Crippen LogP contribution is -1.96. The Morgan fingerprint density at radius 2 is 1.94 bits per heavy atom. The van der Waals surface area contributed by atoms with Gasteiger partial charge in [0, 0.05) is 9.37 Å². The minimum Gasteiger partial charge on any atom is -0.397 e. The molecule has 0 fully saturated rings. The molecule has 1 heterocycles. The normalized spacial score (nSPS) is 10.5. The quantitative estimate of drug-likeness (QED) is 0.826. The third-order valence-corrected chi connectivity index (χ3v) is 3.72. The average molecular weight is 332 g/mol. The molecule has 88 valence electrons. The van der Waals surface area contributed by atoms with Crippen molar-refractivity contribution in [2.45, 2.75) is 9.92 Å². The summed E-state index contributed by atoms with van der Waals surface area (Å²) in [5, 5.41) is 8.82. The molecule has 17 heavy (non-hydrogen) atoms. The van der Waals surface area contributed by atoms with E-state index in [1.165, 1.54) is 11.8 Å². The molecule has 0 unspecified atom stereocenters. The van der Waals surface area contributed by atoms with E-state index in [4.69, 9.17) is 23.1 Å². The van der Waals surface area contributed by atoms with Crippen molar-refractivity contribution >= 4 is 50.7 Å². The Morgan fingerprint density at radius 1 is 1.18 bits per heavy atom. The zero-order valence-corrected chi connectivity index (χ0v) is 11.7. The predicted molar refractivity (Wildman–Crippen MR) is 74.1 cm³/mol. The van der Waals surface area contributed by atoms with E-state index < -0.39 is 0 Å². The van der Waals surface area contributed by atoms with E-state index >= 15 is 0 Å². The molecule has 0 saturated heterocycles. The summed E-state index contributed by atoms with van der Waals surface area (Å²) >= 11 is 10.4. The summed E-state index contributed by atoms with van der Waals surface area (Å²) in [4.78, 5) is 0.931. The largest absolute Gasteiger partial charge is 0.397 e. The van der Waals surface area contributed by atoms with Crippen molar-refractivity contribution in [3.8, 4) is 0 Å². The number of aromatic nitrogens is 2. The Labute approximate surface area is 116 Å². The number of nitrogen functional groups attached to an aromatic ring is 2. The second kappa shape index (κ2) is 5.12. The summed E-state index contributed by atoms with van der Waals surface area (Å²) in [6.45, 7) is 0. The van der Waals surface area contributed by atoms with Gasteiger partial charge in [-0.3, -0.25) is 0 Å². The first-order valence-electron chi connectivity index (χ1n) is 4.58. The summed E-state index contributed by atoms with van der Waals surface area (Å²) in [5.74, 6) is 0. The SMILES string of the molecule is Nc1cc(Sc2ccc(Cl)nn2)cc(Br)c1N. The standard InChI is InChI=1S/C10H8BrClN4S/c11-6-3-5(4-7(13)10(6)14)17-9-2-1-8(12)15-16-9/h1-4H,13-14H2. The van der Waals surface area contributed by atoms with Crippen LogP contribution in [0.5, 0.6) is 0 Å². The average Bonchev–Trinajstić information content (AvgIpc) is 2.29. The van der Waals surface area contributed by atoms with Crippen LogP contribution >= 0.6 is 39.3 Å². The van der Waals surface area contributed by atoms with Crippen LogP contribution in [0.3, 0.4) is 0 Å². The van der Waals surface area contributed by atoms with Crippen LogP contribution in [0.4, 0.5) is 11.4 Å². The second-order valence-corrected chi connectivity index (χ2v) is 5.54. The maximum Gasteiger partial charge on any atom is 0.151 e. The van der Waals surface area contributed by atoms with Crippen LogP contribution in [-0.2, 0) is 0 Å². The molecule has 0 aliphatic rings. The Kier molecular flexibility index (Phi) is 3.76. The Bertz CT molecular complexity index is 523. The minimum absolute atomic E-state index is 0.368. The number of halogens is 2. The van der Waals surface area contributed by atoms with Crippen LogP contribution in [-0.4, -0.2) is 10.2 Å². The zero-order chi connectivity index (χ0) is 12.4. The van der Waals surface area contributed by atoms with Crippen molar-refractivity contribution in [2.75, 3.05) is 11.5 Å². The number of benzene rings is 1. The van der Waals surface area contributed by atoms with Gasteiger partial charge in [-0.25, -0.2) is 0 Å². The van der Waals surface area contributed by atoms with Crippen LogP contribution in [0.15, 0.2) is 38.7 Å². The van der Waals surface area contributed by atoms with Gasteiger partial charge in [-0.15, -0.1) is 10.2 Å². The number of nitrogens with two attached hydrogens (primary N) is 2. The molecule has 1 aromatic heterocycles. The molecule has 4 N–H and O–H groups in total. The lowest BCUT2D eigenvalue weighted by atomic mass is 10.3. The highest BCUT2D eigenvalue weighted by atomic mass is 79.9. The molecule has 0 aliphatic carbocycles. The fraction of sp³-hybridized carbons (Fsp3) is 0. The van der Waals surface area contributed by atoms with Crippen LogP contribution in [0.2, 0.25) is 5.15 Å². The van der Waals surface area contributed by atoms with Gasteiger partial charge in [0.1, 0.15) is 5.03 Å². The molecule has 0 spiro atoms. The zero-order valence-electron chi connectivity index (χ0n) is 8.52. The van der Waals surface area contributed by atoms with Crippen LogP contribution < -0.4 is 11.5 Å². The van der Waals surface area contributed by atoms with E-state index in [2.05, 4.69) is 26.1 Å². The van der Waals surface area contributed by atoms with Gasteiger partial charge < -0.3 is 11.5 Å². The van der Waals surface area contributed by atoms with E-state index in [0.29, 0.717) is 16.5 Å². The Morgan fingerprint density at radius 3 is 2.53 bits per heavy atom. The molecule has 7 heteroatoms. The highest BCUT2D eigenvalue weighted by Crippen LogP contribution is 2.34. The van der Waals surface area contributed by atoms with Gasteiger partial charge in [-0.05, 0) is 40.2 Å². The number of hydrogen-bond acceptors (Lipinski definition) is 5. The molecule has 2 rings (SSSR count). The lowest BCUT2D eigenvalue weighted by Gasteiger charge is -2.06. The predicted octanol–water partition coefficient (Wildman–Crippen LogP) is 3.21. The van der Waals surface area contributed by atoms with Crippen molar-refractivity contribution in [1.29, 1.82) is 0 Å². The molecule has 0 saturated carbocycles. The monoisotopic (exact) mass is 330 g/mol. The van der Waals surface area contributed by atoms with E-state index in [1.54, 1.807) is 18.2 Å². The molecule has 4 nitrogen and oxygen atoms in total. The number of anilines is 2. The van der Waals surface area contributed by atoms with Crippen LogP contribution in [0.1, 0.15) is 0 Å². The molecule has 0 bridgehead atoms. The minimum atomic E-state index is 0.368. The van der Waals surface area contributed by atoms with Gasteiger partial charge in [-0.1, -0.05) is 23.4 Å². The highest BCUT2D eigenvalue weighted by molar-refractivity contribution is 9.10. The van der Waals surface area contributed by atoms with E-state index in [1.807, 2.05) is 6.07 Å². The fourth-order valence-corrected chi connectivity index (χ4v) is 2.70. The van der Waals surface area contributed by atoms with Gasteiger partial charge in [0.25, 0.3) is 0 Å². The van der Waals surface area contributed by atoms with Gasteiger partial charge in [0.2, 0.25) is 0 Å². The van der Waals surface area contributed by atoms with Crippen molar-refractivity contribution in [3.63, 3.8) is 0 Å². The topological polar surface area (TPSA) is 77.8 Å². The van der Waals surface area contributed by atoms with Gasteiger partial charge >= 0.3 is 0 Å². The van der Waals surface area contributed by atoms with Crippen molar-refractivity contribution in [1.82, 2.24) is 10.2 Å². The molecule has 0 atom stereocenters. The van der Waals surface area contributed by atoms with E-state index in [9.17, 15) is 0 Å². The maximum atomic E-state index is 5.77. The van der Waals surface area contributed by atoms with Crippen molar-refractivity contribution in [3.05, 3.63) is 33.9 Å². The molecular weight excluding hydrogens is 324 g/mol. The number of hydrogen-bond donors (Lipinski definition) is 2. The van der Waals surface area contributed by atoms with E-state index in [0.717, 1.165) is 14.4 Å². The molecular formula is C10H8BrClN4S. The summed E-state index contributed by atoms with van der Waals surface area (Å²) in [6, 6.07) is 7.15. The third-order valence-electron chi connectivity index (χ3n) is 1.97. The lowest BCUT2D eigenvalue weighted by molar-refractivity contribution is 0.930. The highest BCUT2D eigenvalue weighted by Gasteiger charge is 2.06. The first kappa shape index (κ1) is 12.5. The summed E-state index contributed by atoms with van der Waals surface area (Å²) in [5.41, 5.74) is 12.6. The number of rotatable bonds is 2. The molecule has 0 amide bonds. The third kappa shape index (κ3) is 3.02. The van der Waals surface area contributed by atoms with Gasteiger partial charge in [0.05, 0.1) is 11.4 Å². The van der Waals surface area contributed by atoms with Gasteiger partial charge in [-0.2, -0.15) is 0 Å². The first-order valence-corrected chi connectivity index (χ1v) is 6.56. The van der Waals surface area contributed by atoms with Crippen molar-refractivity contribution < 1.29 is 0 Å².